The first-order valence-corrected chi connectivity index (χ1v) is 5.30. The topological polar surface area (TPSA) is 57.6 Å². The second-order valence-electron chi connectivity index (χ2n) is 4.38. The highest BCUT2D eigenvalue weighted by atomic mass is 16.3. The molecule has 16 heavy (non-hydrogen) atoms. The Balaban J connectivity index is 1.80. The SMILES string of the molecule is O=C1C2CC2C(=O)N1Cc1cccc(O)c1. The third-order valence-corrected chi connectivity index (χ3v) is 3.21. The van der Waals surface area contributed by atoms with Gasteiger partial charge in [-0.25, -0.2) is 0 Å². The standard InChI is InChI=1S/C12H11NO3/c14-8-3-1-2-7(4-8)6-13-11(15)9-5-10(9)12(13)16/h1-4,9-10,14H,5-6H2. The average molecular weight is 217 g/mol. The van der Waals surface area contributed by atoms with Crippen LogP contribution in [0.15, 0.2) is 24.3 Å². The molecule has 0 radical (unpaired) electrons. The van der Waals surface area contributed by atoms with Gasteiger partial charge in [-0.1, -0.05) is 12.1 Å². The lowest BCUT2D eigenvalue weighted by atomic mass is 10.2. The predicted molar refractivity (Wildman–Crippen MR) is 55.3 cm³/mol. The molecule has 1 saturated heterocycles. The molecule has 0 bridgehead atoms. The molecule has 0 aromatic heterocycles. The zero-order chi connectivity index (χ0) is 11.3. The van der Waals surface area contributed by atoms with E-state index in [4.69, 9.17) is 0 Å². The second kappa shape index (κ2) is 3.07. The van der Waals surface area contributed by atoms with Crippen LogP contribution in [-0.4, -0.2) is 21.8 Å². The van der Waals surface area contributed by atoms with Crippen LogP contribution in [-0.2, 0) is 16.1 Å². The number of amides is 2. The maximum Gasteiger partial charge on any atom is 0.233 e. The van der Waals surface area contributed by atoms with E-state index in [0.29, 0.717) is 0 Å². The third-order valence-electron chi connectivity index (χ3n) is 3.21. The van der Waals surface area contributed by atoms with E-state index in [1.54, 1.807) is 24.3 Å². The molecular formula is C12H11NO3. The van der Waals surface area contributed by atoms with E-state index >= 15 is 0 Å². The summed E-state index contributed by atoms with van der Waals surface area (Å²) in [4.78, 5) is 24.7. The Bertz CT molecular complexity index is 463. The van der Waals surface area contributed by atoms with Crippen molar-refractivity contribution in [3.05, 3.63) is 29.8 Å². The molecule has 2 fully saturated rings. The van der Waals surface area contributed by atoms with Crippen molar-refractivity contribution in [3.8, 4) is 5.75 Å². The van der Waals surface area contributed by atoms with Crippen LogP contribution >= 0.6 is 0 Å². The summed E-state index contributed by atoms with van der Waals surface area (Å²) >= 11 is 0. The van der Waals surface area contributed by atoms with E-state index < -0.39 is 0 Å². The van der Waals surface area contributed by atoms with E-state index in [2.05, 4.69) is 0 Å². The van der Waals surface area contributed by atoms with Gasteiger partial charge in [-0.15, -0.1) is 0 Å². The molecule has 1 aromatic rings. The molecule has 1 saturated carbocycles. The summed E-state index contributed by atoms with van der Waals surface area (Å²) in [6, 6.07) is 6.64. The molecule has 2 unspecified atom stereocenters. The maximum atomic E-state index is 11.7. The van der Waals surface area contributed by atoms with E-state index in [0.717, 1.165) is 12.0 Å². The first kappa shape index (κ1) is 9.39. The number of phenols is 1. The lowest BCUT2D eigenvalue weighted by Crippen LogP contribution is -2.32. The fourth-order valence-corrected chi connectivity index (χ4v) is 2.24. The lowest BCUT2D eigenvalue weighted by molar-refractivity contribution is -0.142. The summed E-state index contributed by atoms with van der Waals surface area (Å²) in [7, 11) is 0. The van der Waals surface area contributed by atoms with Gasteiger partial charge in [0.05, 0.1) is 18.4 Å². The van der Waals surface area contributed by atoms with E-state index in [1.807, 2.05) is 0 Å². The number of benzene rings is 1. The summed E-state index contributed by atoms with van der Waals surface area (Å²) in [5, 5.41) is 9.29. The number of piperidine rings is 1. The Labute approximate surface area is 92.5 Å². The summed E-state index contributed by atoms with van der Waals surface area (Å²) in [5.74, 6) is -0.0620. The molecule has 2 amide bonds. The van der Waals surface area contributed by atoms with Crippen molar-refractivity contribution in [3.63, 3.8) is 0 Å². The average Bonchev–Trinajstić information content (AvgIpc) is 2.99. The van der Waals surface area contributed by atoms with Gasteiger partial charge in [0.25, 0.3) is 0 Å². The van der Waals surface area contributed by atoms with Gasteiger partial charge in [0.2, 0.25) is 11.8 Å². The van der Waals surface area contributed by atoms with E-state index in [1.165, 1.54) is 4.90 Å². The molecular weight excluding hydrogens is 206 g/mol. The molecule has 4 heteroatoms. The number of aromatic hydroxyl groups is 1. The van der Waals surface area contributed by atoms with Crippen molar-refractivity contribution in [2.24, 2.45) is 11.8 Å². The van der Waals surface area contributed by atoms with Crippen LogP contribution in [0.3, 0.4) is 0 Å². The monoisotopic (exact) mass is 217 g/mol. The Hall–Kier alpha value is -1.84. The molecule has 1 aliphatic carbocycles. The zero-order valence-electron chi connectivity index (χ0n) is 8.59. The number of fused-ring (bicyclic) bond motifs is 1. The van der Waals surface area contributed by atoms with Gasteiger partial charge in [0.1, 0.15) is 5.75 Å². The highest BCUT2D eigenvalue weighted by molar-refractivity contribution is 6.08. The van der Waals surface area contributed by atoms with Crippen molar-refractivity contribution in [2.75, 3.05) is 0 Å². The predicted octanol–water partition coefficient (Wildman–Crippen LogP) is 0.897. The van der Waals surface area contributed by atoms with Crippen LogP contribution in [0.25, 0.3) is 0 Å². The summed E-state index contributed by atoms with van der Waals surface area (Å²) < 4.78 is 0. The maximum absolute atomic E-state index is 11.7. The van der Waals surface area contributed by atoms with Crippen LogP contribution in [0.1, 0.15) is 12.0 Å². The summed E-state index contributed by atoms with van der Waals surface area (Å²) in [6.07, 6.45) is 0.730. The first-order valence-electron chi connectivity index (χ1n) is 5.30. The molecule has 1 aromatic carbocycles. The van der Waals surface area contributed by atoms with Gasteiger partial charge in [0, 0.05) is 0 Å². The highest BCUT2D eigenvalue weighted by Gasteiger charge is 2.58. The van der Waals surface area contributed by atoms with Gasteiger partial charge in [-0.3, -0.25) is 14.5 Å². The summed E-state index contributed by atoms with van der Waals surface area (Å²) in [6.45, 7) is 0.277. The Morgan fingerprint density at radius 3 is 2.56 bits per heavy atom. The normalized spacial score (nSPS) is 27.1. The van der Waals surface area contributed by atoms with Gasteiger partial charge in [0.15, 0.2) is 0 Å². The summed E-state index contributed by atoms with van der Waals surface area (Å²) in [5.41, 5.74) is 0.781. The molecule has 0 spiro atoms. The number of hydrogen-bond acceptors (Lipinski definition) is 3. The van der Waals surface area contributed by atoms with Crippen LogP contribution < -0.4 is 0 Å². The zero-order valence-corrected chi connectivity index (χ0v) is 8.59. The van der Waals surface area contributed by atoms with E-state index in [9.17, 15) is 14.7 Å². The van der Waals surface area contributed by atoms with Crippen molar-refractivity contribution in [2.45, 2.75) is 13.0 Å². The second-order valence-corrected chi connectivity index (χ2v) is 4.38. The van der Waals surface area contributed by atoms with Crippen LogP contribution in [0, 0.1) is 11.8 Å². The van der Waals surface area contributed by atoms with Gasteiger partial charge in [-0.05, 0) is 24.1 Å². The van der Waals surface area contributed by atoms with Crippen molar-refractivity contribution in [1.29, 1.82) is 0 Å². The molecule has 2 atom stereocenters. The van der Waals surface area contributed by atoms with E-state index in [-0.39, 0.29) is 35.9 Å². The van der Waals surface area contributed by atoms with Crippen LogP contribution in [0.2, 0.25) is 0 Å². The minimum absolute atomic E-state index is 0.0511. The number of hydrogen-bond donors (Lipinski definition) is 1. The van der Waals surface area contributed by atoms with Gasteiger partial charge < -0.3 is 5.11 Å². The largest absolute Gasteiger partial charge is 0.508 e. The number of rotatable bonds is 2. The smallest absolute Gasteiger partial charge is 0.233 e. The quantitative estimate of drug-likeness (QED) is 0.749. The minimum atomic E-state index is -0.0571. The molecule has 3 rings (SSSR count). The van der Waals surface area contributed by atoms with Gasteiger partial charge in [-0.2, -0.15) is 0 Å². The van der Waals surface area contributed by atoms with Crippen LogP contribution in [0.4, 0.5) is 0 Å². The van der Waals surface area contributed by atoms with Gasteiger partial charge >= 0.3 is 0 Å². The van der Waals surface area contributed by atoms with Crippen LogP contribution in [0.5, 0.6) is 5.75 Å². The number of phenolic OH excluding ortho intramolecular Hbond substituents is 1. The number of carbonyl (C=O) groups excluding carboxylic acids is 2. The number of imide groups is 1. The number of nitrogens with zero attached hydrogens (tertiary/aromatic N) is 1. The molecule has 1 N–H and O–H groups in total. The first-order chi connectivity index (χ1) is 7.66. The Morgan fingerprint density at radius 2 is 1.94 bits per heavy atom. The fraction of sp³-hybridized carbons (Fsp3) is 0.333. The molecule has 82 valence electrons. The minimum Gasteiger partial charge on any atom is -0.508 e. The highest BCUT2D eigenvalue weighted by Crippen LogP contribution is 2.47. The molecule has 1 aliphatic heterocycles. The molecule has 4 nitrogen and oxygen atoms in total. The lowest BCUT2D eigenvalue weighted by Gasteiger charge is -2.16. The fourth-order valence-electron chi connectivity index (χ4n) is 2.24. The Morgan fingerprint density at radius 1 is 1.25 bits per heavy atom. The number of likely N-dealkylation sites (tertiary alicyclic amines) is 1. The molecule has 1 heterocycles. The number of carbonyl (C=O) groups is 2. The third kappa shape index (κ3) is 1.30. The van der Waals surface area contributed by atoms with Crippen molar-refractivity contribution in [1.82, 2.24) is 4.90 Å². The molecule has 2 aliphatic rings. The van der Waals surface area contributed by atoms with Crippen molar-refractivity contribution < 1.29 is 14.7 Å². The Kier molecular flexibility index (Phi) is 1.80. The van der Waals surface area contributed by atoms with Crippen molar-refractivity contribution >= 4 is 11.8 Å².